The van der Waals surface area contributed by atoms with Crippen molar-refractivity contribution in [2.75, 3.05) is 6.54 Å². The lowest BCUT2D eigenvalue weighted by atomic mass is 10.0. The molecule has 2 rings (SSSR count). The van der Waals surface area contributed by atoms with Gasteiger partial charge in [-0.3, -0.25) is 4.79 Å². The van der Waals surface area contributed by atoms with Gasteiger partial charge >= 0.3 is 0 Å². The first-order valence-corrected chi connectivity index (χ1v) is 6.52. The summed E-state index contributed by atoms with van der Waals surface area (Å²) in [6.07, 6.45) is 3.57. The summed E-state index contributed by atoms with van der Waals surface area (Å²) in [6.45, 7) is 4.07. The summed E-state index contributed by atoms with van der Waals surface area (Å²) in [7, 11) is 0. The van der Waals surface area contributed by atoms with E-state index in [1.54, 1.807) is 6.08 Å². The van der Waals surface area contributed by atoms with Crippen molar-refractivity contribution in [1.29, 1.82) is 0 Å². The molecule has 0 fully saturated rings. The molecule has 0 saturated carbocycles. The Morgan fingerprint density at radius 3 is 2.20 bits per heavy atom. The van der Waals surface area contributed by atoms with E-state index in [1.807, 2.05) is 66.7 Å². The average molecular weight is 263 g/mol. The van der Waals surface area contributed by atoms with Crippen molar-refractivity contribution in [3.8, 4) is 0 Å². The molecule has 100 valence electrons. The molecular formula is C18H17NO. The number of nitrogens with one attached hydrogen (secondary N) is 1. The zero-order valence-corrected chi connectivity index (χ0v) is 11.3. The Morgan fingerprint density at radius 1 is 1.00 bits per heavy atom. The van der Waals surface area contributed by atoms with Gasteiger partial charge in [0.05, 0.1) is 0 Å². The number of benzene rings is 2. The highest BCUT2D eigenvalue weighted by Gasteiger charge is 2.10. The van der Waals surface area contributed by atoms with Gasteiger partial charge in [0, 0.05) is 12.1 Å². The molecular weight excluding hydrogens is 246 g/mol. The third kappa shape index (κ3) is 3.69. The second kappa shape index (κ2) is 7.10. The van der Waals surface area contributed by atoms with Gasteiger partial charge in [-0.15, -0.1) is 6.58 Å². The van der Waals surface area contributed by atoms with Gasteiger partial charge in [0.2, 0.25) is 0 Å². The molecule has 1 amide bonds. The van der Waals surface area contributed by atoms with E-state index < -0.39 is 0 Å². The Labute approximate surface area is 119 Å². The van der Waals surface area contributed by atoms with Crippen molar-refractivity contribution in [2.45, 2.75) is 0 Å². The summed E-state index contributed by atoms with van der Waals surface area (Å²) in [4.78, 5) is 12.3. The van der Waals surface area contributed by atoms with Crippen molar-refractivity contribution in [3.05, 3.63) is 84.4 Å². The minimum atomic E-state index is -0.0973. The van der Waals surface area contributed by atoms with Gasteiger partial charge in [0.15, 0.2) is 0 Å². The Bertz CT molecular complexity index is 600. The molecule has 2 heteroatoms. The van der Waals surface area contributed by atoms with Crippen LogP contribution in [-0.2, 0) is 4.79 Å². The zero-order valence-electron chi connectivity index (χ0n) is 11.3. The minimum Gasteiger partial charge on any atom is -0.349 e. The molecule has 2 nitrogen and oxygen atoms in total. The van der Waals surface area contributed by atoms with Gasteiger partial charge in [-0.2, -0.15) is 0 Å². The Morgan fingerprint density at radius 2 is 1.60 bits per heavy atom. The second-order valence-corrected chi connectivity index (χ2v) is 4.33. The topological polar surface area (TPSA) is 29.1 Å². The molecule has 0 atom stereocenters. The first-order chi connectivity index (χ1) is 9.81. The van der Waals surface area contributed by atoms with Crippen LogP contribution < -0.4 is 5.32 Å². The fourth-order valence-corrected chi connectivity index (χ4v) is 1.87. The number of amides is 1. The molecule has 0 aromatic heterocycles. The summed E-state index contributed by atoms with van der Waals surface area (Å²) in [5, 5.41) is 2.83. The fourth-order valence-electron chi connectivity index (χ4n) is 1.87. The lowest BCUT2D eigenvalue weighted by Crippen LogP contribution is -2.24. The SMILES string of the molecule is C=CCNC(=O)/C(=C/c1ccccc1)c1ccccc1. The van der Waals surface area contributed by atoms with Crippen LogP contribution in [0.1, 0.15) is 11.1 Å². The van der Waals surface area contributed by atoms with Crippen molar-refractivity contribution in [1.82, 2.24) is 5.32 Å². The summed E-state index contributed by atoms with van der Waals surface area (Å²) >= 11 is 0. The van der Waals surface area contributed by atoms with Gasteiger partial charge in [0.25, 0.3) is 5.91 Å². The average Bonchev–Trinajstić information content (AvgIpc) is 2.52. The van der Waals surface area contributed by atoms with E-state index >= 15 is 0 Å². The van der Waals surface area contributed by atoms with Crippen LogP contribution in [0.3, 0.4) is 0 Å². The number of carbonyl (C=O) groups is 1. The quantitative estimate of drug-likeness (QED) is 0.499. The van der Waals surface area contributed by atoms with E-state index in [1.165, 1.54) is 0 Å². The van der Waals surface area contributed by atoms with E-state index in [9.17, 15) is 4.79 Å². The van der Waals surface area contributed by atoms with Crippen LogP contribution in [0.2, 0.25) is 0 Å². The first kappa shape index (κ1) is 13.8. The van der Waals surface area contributed by atoms with Crippen molar-refractivity contribution < 1.29 is 4.79 Å². The van der Waals surface area contributed by atoms with Crippen LogP contribution in [0.4, 0.5) is 0 Å². The standard InChI is InChI=1S/C18H17NO/c1-2-13-19-18(20)17(16-11-7-4-8-12-16)14-15-9-5-3-6-10-15/h2-12,14H,1,13H2,(H,19,20)/b17-14+. The summed E-state index contributed by atoms with van der Waals surface area (Å²) in [6, 6.07) is 19.5. The highest BCUT2D eigenvalue weighted by atomic mass is 16.1. The summed E-state index contributed by atoms with van der Waals surface area (Å²) in [5.74, 6) is -0.0973. The molecule has 0 aliphatic rings. The highest BCUT2D eigenvalue weighted by Crippen LogP contribution is 2.18. The van der Waals surface area contributed by atoms with Crippen molar-refractivity contribution in [2.24, 2.45) is 0 Å². The van der Waals surface area contributed by atoms with Gasteiger partial charge < -0.3 is 5.32 Å². The van der Waals surface area contributed by atoms with Crippen molar-refractivity contribution in [3.63, 3.8) is 0 Å². The van der Waals surface area contributed by atoms with E-state index in [4.69, 9.17) is 0 Å². The summed E-state index contributed by atoms with van der Waals surface area (Å²) in [5.41, 5.74) is 2.55. The predicted molar refractivity (Wildman–Crippen MR) is 84.0 cm³/mol. The van der Waals surface area contributed by atoms with Gasteiger partial charge in [-0.1, -0.05) is 66.7 Å². The van der Waals surface area contributed by atoms with Crippen LogP contribution in [-0.4, -0.2) is 12.5 Å². The fraction of sp³-hybridized carbons (Fsp3) is 0.0556. The molecule has 0 aliphatic carbocycles. The lowest BCUT2D eigenvalue weighted by molar-refractivity contribution is -0.115. The maximum absolute atomic E-state index is 12.3. The number of hydrogen-bond donors (Lipinski definition) is 1. The van der Waals surface area contributed by atoms with Gasteiger partial charge in [-0.25, -0.2) is 0 Å². The number of carbonyl (C=O) groups excluding carboxylic acids is 1. The monoisotopic (exact) mass is 263 g/mol. The third-order valence-corrected chi connectivity index (χ3v) is 2.85. The molecule has 0 unspecified atom stereocenters. The molecule has 1 N–H and O–H groups in total. The van der Waals surface area contributed by atoms with Gasteiger partial charge in [-0.05, 0) is 17.2 Å². The highest BCUT2D eigenvalue weighted by molar-refractivity contribution is 6.24. The predicted octanol–water partition coefficient (Wildman–Crippen LogP) is 3.53. The zero-order chi connectivity index (χ0) is 14.2. The third-order valence-electron chi connectivity index (χ3n) is 2.85. The molecule has 0 bridgehead atoms. The van der Waals surface area contributed by atoms with E-state index in [0.717, 1.165) is 11.1 Å². The van der Waals surface area contributed by atoms with Crippen LogP contribution in [0.5, 0.6) is 0 Å². The number of hydrogen-bond acceptors (Lipinski definition) is 1. The first-order valence-electron chi connectivity index (χ1n) is 6.52. The lowest BCUT2D eigenvalue weighted by Gasteiger charge is -2.08. The summed E-state index contributed by atoms with van der Waals surface area (Å²) < 4.78 is 0. The molecule has 2 aromatic carbocycles. The maximum atomic E-state index is 12.3. The molecule has 0 saturated heterocycles. The largest absolute Gasteiger partial charge is 0.349 e. The smallest absolute Gasteiger partial charge is 0.252 e. The Kier molecular flexibility index (Phi) is 4.90. The molecule has 0 radical (unpaired) electrons. The molecule has 20 heavy (non-hydrogen) atoms. The Balaban J connectivity index is 2.37. The van der Waals surface area contributed by atoms with Crippen LogP contribution in [0, 0.1) is 0 Å². The molecule has 0 heterocycles. The Hall–Kier alpha value is -2.61. The number of rotatable bonds is 5. The second-order valence-electron chi connectivity index (χ2n) is 4.33. The van der Waals surface area contributed by atoms with Gasteiger partial charge in [0.1, 0.15) is 0 Å². The minimum absolute atomic E-state index is 0.0973. The van der Waals surface area contributed by atoms with E-state index in [-0.39, 0.29) is 5.91 Å². The van der Waals surface area contributed by atoms with Crippen LogP contribution in [0.25, 0.3) is 11.6 Å². The molecule has 0 aliphatic heterocycles. The van der Waals surface area contributed by atoms with Crippen LogP contribution in [0.15, 0.2) is 73.3 Å². The molecule has 0 spiro atoms. The molecule has 2 aromatic rings. The van der Waals surface area contributed by atoms with Crippen LogP contribution >= 0.6 is 0 Å². The normalized spacial score (nSPS) is 10.9. The van der Waals surface area contributed by atoms with E-state index in [2.05, 4.69) is 11.9 Å². The maximum Gasteiger partial charge on any atom is 0.252 e. The van der Waals surface area contributed by atoms with Crippen molar-refractivity contribution >= 4 is 17.6 Å². The van der Waals surface area contributed by atoms with E-state index in [0.29, 0.717) is 12.1 Å².